The van der Waals surface area contributed by atoms with E-state index in [9.17, 15) is 8.78 Å². The molecule has 0 aliphatic rings. The maximum Gasteiger partial charge on any atom is 0.190 e. The molecular weight excluding hydrogens is 318 g/mol. The maximum absolute atomic E-state index is 13.6. The van der Waals surface area contributed by atoms with Crippen LogP contribution in [0.2, 0.25) is 0 Å². The van der Waals surface area contributed by atoms with E-state index in [0.29, 0.717) is 17.3 Å². The number of aryl methyl sites for hydroxylation is 1. The Kier molecular flexibility index (Phi) is 4.52. The summed E-state index contributed by atoms with van der Waals surface area (Å²) in [7, 11) is 1.81. The molecule has 1 aromatic carbocycles. The number of halogens is 3. The predicted molar refractivity (Wildman–Crippen MR) is 71.4 cm³/mol. The monoisotopic (exact) mass is 330 g/mol. The van der Waals surface area contributed by atoms with Crippen molar-refractivity contribution in [2.24, 2.45) is 7.05 Å². The van der Waals surface area contributed by atoms with Crippen LogP contribution in [-0.2, 0) is 18.8 Å². The first kappa shape index (κ1) is 14.0. The van der Waals surface area contributed by atoms with Gasteiger partial charge in [-0.15, -0.1) is 0 Å². The Labute approximate surface area is 118 Å². The van der Waals surface area contributed by atoms with Gasteiger partial charge in [0.15, 0.2) is 17.4 Å². The molecule has 0 unspecified atom stereocenters. The highest BCUT2D eigenvalue weighted by molar-refractivity contribution is 9.08. The third-order valence-corrected chi connectivity index (χ3v) is 3.26. The van der Waals surface area contributed by atoms with Gasteiger partial charge in [0.1, 0.15) is 0 Å². The molecule has 6 heteroatoms. The standard InChI is InChI=1S/C13H13BrF2N2O/c1-18-8-9(7-17-18)2-3-19-13-11(15)4-10(6-14)5-12(13)16/h4-5,7-8H,2-3,6H2,1H3. The number of alkyl halides is 1. The van der Waals surface area contributed by atoms with Crippen molar-refractivity contribution in [1.82, 2.24) is 9.78 Å². The molecule has 1 heterocycles. The lowest BCUT2D eigenvalue weighted by atomic mass is 10.2. The highest BCUT2D eigenvalue weighted by atomic mass is 79.9. The van der Waals surface area contributed by atoms with Crippen molar-refractivity contribution in [3.05, 3.63) is 47.3 Å². The molecule has 0 aliphatic carbocycles. The summed E-state index contributed by atoms with van der Waals surface area (Å²) in [5, 5.41) is 4.41. The van der Waals surface area contributed by atoms with Gasteiger partial charge in [-0.25, -0.2) is 8.78 Å². The van der Waals surface area contributed by atoms with Crippen LogP contribution >= 0.6 is 15.9 Å². The topological polar surface area (TPSA) is 27.1 Å². The van der Waals surface area contributed by atoms with Gasteiger partial charge in [0.05, 0.1) is 12.8 Å². The van der Waals surface area contributed by atoms with E-state index < -0.39 is 11.6 Å². The van der Waals surface area contributed by atoms with E-state index >= 15 is 0 Å². The van der Waals surface area contributed by atoms with E-state index in [-0.39, 0.29) is 12.4 Å². The van der Waals surface area contributed by atoms with Crippen molar-refractivity contribution < 1.29 is 13.5 Å². The third-order valence-electron chi connectivity index (χ3n) is 2.61. The van der Waals surface area contributed by atoms with E-state index in [1.54, 1.807) is 10.9 Å². The van der Waals surface area contributed by atoms with Crippen molar-refractivity contribution >= 4 is 15.9 Å². The number of hydrogen-bond acceptors (Lipinski definition) is 2. The Morgan fingerprint density at radius 1 is 1.26 bits per heavy atom. The third kappa shape index (κ3) is 3.53. The number of hydrogen-bond donors (Lipinski definition) is 0. The summed E-state index contributed by atoms with van der Waals surface area (Å²) in [5.41, 5.74) is 1.50. The van der Waals surface area contributed by atoms with Crippen LogP contribution in [0.4, 0.5) is 8.78 Å². The molecule has 2 aromatic rings. The molecular formula is C13H13BrF2N2O. The van der Waals surface area contributed by atoms with Crippen molar-refractivity contribution in [2.75, 3.05) is 6.61 Å². The summed E-state index contributed by atoms with van der Waals surface area (Å²) in [6, 6.07) is 2.52. The van der Waals surface area contributed by atoms with Gasteiger partial charge in [-0.05, 0) is 23.3 Å². The van der Waals surface area contributed by atoms with Crippen LogP contribution in [0.25, 0.3) is 0 Å². The van der Waals surface area contributed by atoms with E-state index in [1.807, 2.05) is 13.2 Å². The zero-order valence-electron chi connectivity index (χ0n) is 10.4. The highest BCUT2D eigenvalue weighted by Gasteiger charge is 2.12. The molecule has 0 atom stereocenters. The fourth-order valence-corrected chi connectivity index (χ4v) is 2.02. The molecule has 0 aliphatic heterocycles. The van der Waals surface area contributed by atoms with Gasteiger partial charge >= 0.3 is 0 Å². The molecule has 0 radical (unpaired) electrons. The van der Waals surface area contributed by atoms with Gasteiger partial charge in [-0.2, -0.15) is 5.10 Å². The van der Waals surface area contributed by atoms with Crippen molar-refractivity contribution in [3.63, 3.8) is 0 Å². The minimum atomic E-state index is -0.680. The fourth-order valence-electron chi connectivity index (χ4n) is 1.70. The minimum Gasteiger partial charge on any atom is -0.487 e. The second-order valence-corrected chi connectivity index (χ2v) is 4.70. The molecule has 0 fully saturated rings. The number of aromatic nitrogens is 2. The largest absolute Gasteiger partial charge is 0.487 e. The van der Waals surface area contributed by atoms with E-state index in [4.69, 9.17) is 4.74 Å². The molecule has 0 saturated heterocycles. The van der Waals surface area contributed by atoms with Gasteiger partial charge in [0.2, 0.25) is 0 Å². The van der Waals surface area contributed by atoms with Crippen LogP contribution in [0.1, 0.15) is 11.1 Å². The SMILES string of the molecule is Cn1cc(CCOc2c(F)cc(CBr)cc2F)cn1. The summed E-state index contributed by atoms with van der Waals surface area (Å²) >= 11 is 3.15. The normalized spacial score (nSPS) is 10.7. The smallest absolute Gasteiger partial charge is 0.190 e. The molecule has 0 bridgehead atoms. The van der Waals surface area contributed by atoms with Crippen molar-refractivity contribution in [3.8, 4) is 5.75 Å². The lowest BCUT2D eigenvalue weighted by Gasteiger charge is -2.08. The first-order chi connectivity index (χ1) is 9.10. The minimum absolute atomic E-state index is 0.202. The Bertz CT molecular complexity index is 549. The molecule has 2 rings (SSSR count). The van der Waals surface area contributed by atoms with Gasteiger partial charge in [-0.1, -0.05) is 15.9 Å². The summed E-state index contributed by atoms with van der Waals surface area (Å²) in [6.07, 6.45) is 4.08. The number of benzene rings is 1. The fraction of sp³-hybridized carbons (Fsp3) is 0.308. The van der Waals surface area contributed by atoms with Crippen LogP contribution < -0.4 is 4.74 Å². The Morgan fingerprint density at radius 2 is 1.95 bits per heavy atom. The Balaban J connectivity index is 1.99. The van der Waals surface area contributed by atoms with Crippen LogP contribution in [0.3, 0.4) is 0 Å². The van der Waals surface area contributed by atoms with Crippen LogP contribution in [0.5, 0.6) is 5.75 Å². The second kappa shape index (κ2) is 6.14. The number of rotatable bonds is 5. The van der Waals surface area contributed by atoms with Gasteiger partial charge < -0.3 is 4.74 Å². The molecule has 0 spiro atoms. The number of ether oxygens (including phenoxy) is 1. The molecule has 1 aromatic heterocycles. The summed E-state index contributed by atoms with van der Waals surface area (Å²) in [4.78, 5) is 0. The lowest BCUT2D eigenvalue weighted by Crippen LogP contribution is -2.04. The summed E-state index contributed by atoms with van der Waals surface area (Å²) < 4.78 is 34.1. The van der Waals surface area contributed by atoms with Gasteiger partial charge in [0.25, 0.3) is 0 Å². The van der Waals surface area contributed by atoms with E-state index in [2.05, 4.69) is 21.0 Å². The quantitative estimate of drug-likeness (QED) is 0.787. The van der Waals surface area contributed by atoms with Gasteiger partial charge in [0, 0.05) is 25.0 Å². The predicted octanol–water partition coefficient (Wildman–Crippen LogP) is 3.21. The zero-order chi connectivity index (χ0) is 13.8. The molecule has 0 N–H and O–H groups in total. The Hall–Kier alpha value is -1.43. The number of nitrogens with zero attached hydrogens (tertiary/aromatic N) is 2. The molecule has 3 nitrogen and oxygen atoms in total. The Morgan fingerprint density at radius 3 is 2.47 bits per heavy atom. The molecule has 0 saturated carbocycles. The first-order valence-electron chi connectivity index (χ1n) is 5.74. The first-order valence-corrected chi connectivity index (χ1v) is 6.86. The van der Waals surface area contributed by atoms with E-state index in [0.717, 1.165) is 5.56 Å². The zero-order valence-corrected chi connectivity index (χ0v) is 12.0. The summed E-state index contributed by atoms with van der Waals surface area (Å²) in [6.45, 7) is 0.202. The summed E-state index contributed by atoms with van der Waals surface area (Å²) in [5.74, 6) is -1.69. The second-order valence-electron chi connectivity index (χ2n) is 4.14. The molecule has 102 valence electrons. The highest BCUT2D eigenvalue weighted by Crippen LogP contribution is 2.24. The van der Waals surface area contributed by atoms with Gasteiger partial charge in [-0.3, -0.25) is 4.68 Å². The molecule has 0 amide bonds. The lowest BCUT2D eigenvalue weighted by molar-refractivity contribution is 0.288. The van der Waals surface area contributed by atoms with Crippen LogP contribution in [0, 0.1) is 11.6 Å². The average molecular weight is 331 g/mol. The molecule has 19 heavy (non-hydrogen) atoms. The van der Waals surface area contributed by atoms with Crippen molar-refractivity contribution in [2.45, 2.75) is 11.8 Å². The average Bonchev–Trinajstić information content (AvgIpc) is 2.78. The van der Waals surface area contributed by atoms with Crippen LogP contribution in [-0.4, -0.2) is 16.4 Å². The van der Waals surface area contributed by atoms with Crippen LogP contribution in [0.15, 0.2) is 24.5 Å². The van der Waals surface area contributed by atoms with E-state index in [1.165, 1.54) is 12.1 Å². The maximum atomic E-state index is 13.6. The van der Waals surface area contributed by atoms with Crippen molar-refractivity contribution in [1.29, 1.82) is 0 Å².